The molecule has 0 saturated heterocycles. The first-order chi connectivity index (χ1) is 13.2. The van der Waals surface area contributed by atoms with E-state index in [0.717, 1.165) is 38.2 Å². The summed E-state index contributed by atoms with van der Waals surface area (Å²) >= 11 is 0. The molecule has 1 saturated carbocycles. The van der Waals surface area contributed by atoms with Crippen LogP contribution in [0.5, 0.6) is 0 Å². The molecule has 0 atom stereocenters. The van der Waals surface area contributed by atoms with Gasteiger partial charge in [-0.1, -0.05) is 25.3 Å². The van der Waals surface area contributed by atoms with Gasteiger partial charge in [-0.25, -0.2) is 4.98 Å². The number of benzene rings is 1. The summed E-state index contributed by atoms with van der Waals surface area (Å²) in [6.07, 6.45) is 0.197. The highest BCUT2D eigenvalue weighted by atomic mass is 19.4. The van der Waals surface area contributed by atoms with Crippen LogP contribution in [0.1, 0.15) is 43.4 Å². The lowest BCUT2D eigenvalue weighted by Crippen LogP contribution is -2.24. The zero-order chi connectivity index (χ0) is 20.3. The van der Waals surface area contributed by atoms with Crippen molar-refractivity contribution in [2.45, 2.75) is 51.2 Å². The summed E-state index contributed by atoms with van der Waals surface area (Å²) in [6.45, 7) is 1.52. The van der Waals surface area contributed by atoms with E-state index in [-0.39, 0.29) is 23.5 Å². The SMILES string of the molecule is Cc1c(Nc2cc(C(F)(F)F)nc(NC3CCCCC3)n2)cccc1[N+](=O)[O-]. The molecule has 0 radical (unpaired) electrons. The molecule has 0 unspecified atom stereocenters. The average Bonchev–Trinajstić information content (AvgIpc) is 2.63. The molecule has 1 heterocycles. The summed E-state index contributed by atoms with van der Waals surface area (Å²) < 4.78 is 39.8. The standard InChI is InChI=1S/C18H20F3N5O2/c1-11-13(8-5-9-14(11)26(27)28)23-16-10-15(18(19,20)21)24-17(25-16)22-12-6-3-2-4-7-12/h5,8-10,12H,2-4,6-7H2,1H3,(H2,22,23,24,25). The van der Waals surface area contributed by atoms with Crippen LogP contribution in [0.4, 0.5) is 36.3 Å². The molecule has 10 heteroatoms. The summed E-state index contributed by atoms with van der Waals surface area (Å²) in [6, 6.07) is 5.17. The molecule has 2 aromatic rings. The second-order valence-electron chi connectivity index (χ2n) is 6.77. The number of anilines is 3. The van der Waals surface area contributed by atoms with Gasteiger partial charge in [0, 0.05) is 23.9 Å². The van der Waals surface area contributed by atoms with E-state index < -0.39 is 16.8 Å². The fraction of sp³-hybridized carbons (Fsp3) is 0.444. The Morgan fingerprint density at radius 2 is 1.89 bits per heavy atom. The van der Waals surface area contributed by atoms with Crippen LogP contribution in [0.3, 0.4) is 0 Å². The van der Waals surface area contributed by atoms with E-state index in [1.165, 1.54) is 19.1 Å². The third-order valence-corrected chi connectivity index (χ3v) is 4.72. The van der Waals surface area contributed by atoms with Crippen LogP contribution in [0.15, 0.2) is 24.3 Å². The van der Waals surface area contributed by atoms with Crippen LogP contribution < -0.4 is 10.6 Å². The van der Waals surface area contributed by atoms with Gasteiger partial charge in [-0.15, -0.1) is 0 Å². The molecule has 0 bridgehead atoms. The van der Waals surface area contributed by atoms with E-state index in [2.05, 4.69) is 20.6 Å². The number of halogens is 3. The number of nitrogens with zero attached hydrogens (tertiary/aromatic N) is 3. The maximum absolute atomic E-state index is 13.3. The van der Waals surface area contributed by atoms with Gasteiger partial charge >= 0.3 is 6.18 Å². The Balaban J connectivity index is 1.92. The average molecular weight is 395 g/mol. The molecule has 3 rings (SSSR count). The van der Waals surface area contributed by atoms with E-state index in [4.69, 9.17) is 0 Å². The van der Waals surface area contributed by atoms with Gasteiger partial charge in [-0.2, -0.15) is 18.2 Å². The van der Waals surface area contributed by atoms with Crippen LogP contribution in [0.25, 0.3) is 0 Å². The fourth-order valence-electron chi connectivity index (χ4n) is 3.25. The number of nitrogens with one attached hydrogen (secondary N) is 2. The Morgan fingerprint density at radius 3 is 2.54 bits per heavy atom. The Bertz CT molecular complexity index is 867. The molecule has 1 aromatic heterocycles. The van der Waals surface area contributed by atoms with Gasteiger partial charge in [0.15, 0.2) is 5.69 Å². The number of hydrogen-bond acceptors (Lipinski definition) is 6. The zero-order valence-electron chi connectivity index (χ0n) is 15.2. The third-order valence-electron chi connectivity index (χ3n) is 4.72. The molecule has 1 fully saturated rings. The molecular formula is C18H20F3N5O2. The smallest absolute Gasteiger partial charge is 0.351 e. The quantitative estimate of drug-likeness (QED) is 0.534. The van der Waals surface area contributed by atoms with Gasteiger partial charge in [0.2, 0.25) is 5.95 Å². The first-order valence-corrected chi connectivity index (χ1v) is 8.98. The van der Waals surface area contributed by atoms with Crippen molar-refractivity contribution < 1.29 is 18.1 Å². The largest absolute Gasteiger partial charge is 0.433 e. The molecule has 0 aliphatic heterocycles. The summed E-state index contributed by atoms with van der Waals surface area (Å²) in [5.41, 5.74) is -0.590. The van der Waals surface area contributed by atoms with Gasteiger partial charge in [-0.05, 0) is 25.8 Å². The molecular weight excluding hydrogens is 375 g/mol. The number of nitro benzene ring substituents is 1. The topological polar surface area (TPSA) is 93.0 Å². The molecule has 2 N–H and O–H groups in total. The van der Waals surface area contributed by atoms with Gasteiger partial charge < -0.3 is 10.6 Å². The van der Waals surface area contributed by atoms with Crippen molar-refractivity contribution in [3.8, 4) is 0 Å². The first kappa shape index (κ1) is 19.8. The van der Waals surface area contributed by atoms with Gasteiger partial charge in [0.1, 0.15) is 5.82 Å². The van der Waals surface area contributed by atoms with Gasteiger partial charge in [0.25, 0.3) is 5.69 Å². The molecule has 0 spiro atoms. The van der Waals surface area contributed by atoms with Crippen LogP contribution in [-0.4, -0.2) is 20.9 Å². The number of alkyl halides is 3. The molecule has 1 aliphatic carbocycles. The first-order valence-electron chi connectivity index (χ1n) is 8.98. The van der Waals surface area contributed by atoms with E-state index in [9.17, 15) is 23.3 Å². The molecule has 0 amide bonds. The summed E-state index contributed by atoms with van der Waals surface area (Å²) in [4.78, 5) is 18.3. The van der Waals surface area contributed by atoms with Crippen LogP contribution in [0.2, 0.25) is 0 Å². The molecule has 1 aliphatic rings. The van der Waals surface area contributed by atoms with Gasteiger partial charge in [-0.3, -0.25) is 10.1 Å². The van der Waals surface area contributed by atoms with Crippen LogP contribution in [0, 0.1) is 17.0 Å². The molecule has 1 aromatic carbocycles. The Kier molecular flexibility index (Phi) is 5.66. The Labute approximate surface area is 159 Å². The lowest BCUT2D eigenvalue weighted by Gasteiger charge is -2.23. The Morgan fingerprint density at radius 1 is 1.18 bits per heavy atom. The minimum atomic E-state index is -4.64. The third kappa shape index (κ3) is 4.68. The highest BCUT2D eigenvalue weighted by molar-refractivity contribution is 5.66. The summed E-state index contributed by atoms with van der Waals surface area (Å²) in [5, 5.41) is 16.8. The predicted octanol–water partition coefficient (Wildman–Crippen LogP) is 5.20. The van der Waals surface area contributed by atoms with Crippen molar-refractivity contribution >= 4 is 23.1 Å². The van der Waals surface area contributed by atoms with Crippen molar-refractivity contribution in [2.75, 3.05) is 10.6 Å². The second kappa shape index (κ2) is 7.99. The number of rotatable bonds is 5. The minimum absolute atomic E-state index is 0.0321. The number of nitro groups is 1. The lowest BCUT2D eigenvalue weighted by atomic mass is 9.96. The molecule has 7 nitrogen and oxygen atoms in total. The van der Waals surface area contributed by atoms with Gasteiger partial charge in [0.05, 0.1) is 10.5 Å². The van der Waals surface area contributed by atoms with E-state index in [1.807, 2.05) is 0 Å². The number of aromatic nitrogens is 2. The van der Waals surface area contributed by atoms with Crippen molar-refractivity contribution in [2.24, 2.45) is 0 Å². The Hall–Kier alpha value is -2.91. The predicted molar refractivity (Wildman–Crippen MR) is 98.6 cm³/mol. The highest BCUT2D eigenvalue weighted by Gasteiger charge is 2.34. The normalized spacial score (nSPS) is 15.3. The van der Waals surface area contributed by atoms with Crippen LogP contribution >= 0.6 is 0 Å². The van der Waals surface area contributed by atoms with Crippen molar-refractivity contribution in [3.63, 3.8) is 0 Å². The lowest BCUT2D eigenvalue weighted by molar-refractivity contribution is -0.385. The highest BCUT2D eigenvalue weighted by Crippen LogP contribution is 2.32. The van der Waals surface area contributed by atoms with Crippen LogP contribution in [-0.2, 0) is 6.18 Å². The fourth-order valence-corrected chi connectivity index (χ4v) is 3.25. The summed E-state index contributed by atoms with van der Waals surface area (Å²) in [5.74, 6) is -0.184. The second-order valence-corrected chi connectivity index (χ2v) is 6.77. The van der Waals surface area contributed by atoms with E-state index >= 15 is 0 Å². The maximum Gasteiger partial charge on any atom is 0.433 e. The monoisotopic (exact) mass is 395 g/mol. The summed E-state index contributed by atoms with van der Waals surface area (Å²) in [7, 11) is 0. The maximum atomic E-state index is 13.3. The van der Waals surface area contributed by atoms with E-state index in [0.29, 0.717) is 11.3 Å². The molecule has 28 heavy (non-hydrogen) atoms. The molecule has 150 valence electrons. The van der Waals surface area contributed by atoms with Crippen molar-refractivity contribution in [1.82, 2.24) is 9.97 Å². The van der Waals surface area contributed by atoms with Crippen molar-refractivity contribution in [3.05, 3.63) is 45.6 Å². The minimum Gasteiger partial charge on any atom is -0.351 e. The number of hydrogen-bond donors (Lipinski definition) is 2. The van der Waals surface area contributed by atoms with Crippen molar-refractivity contribution in [1.29, 1.82) is 0 Å². The zero-order valence-corrected chi connectivity index (χ0v) is 15.2. The van der Waals surface area contributed by atoms with E-state index in [1.54, 1.807) is 6.07 Å².